The normalized spacial score (nSPS) is 11.3. The van der Waals surface area contributed by atoms with Crippen molar-refractivity contribution in [3.63, 3.8) is 0 Å². The fraction of sp³-hybridized carbons (Fsp3) is 0.400. The van der Waals surface area contributed by atoms with Crippen LogP contribution in [0.3, 0.4) is 0 Å². The molecule has 2 rings (SSSR count). The van der Waals surface area contributed by atoms with Crippen LogP contribution in [0.1, 0.15) is 18.9 Å². The summed E-state index contributed by atoms with van der Waals surface area (Å²) >= 11 is 3.53. The lowest BCUT2D eigenvalue weighted by molar-refractivity contribution is 0.284. The van der Waals surface area contributed by atoms with E-state index in [4.69, 9.17) is 0 Å². The second kappa shape index (κ2) is 6.86. The zero-order chi connectivity index (χ0) is 12.8. The Bertz CT molecular complexity index is 487. The molecule has 96 valence electrons. The number of hydrogen-bond donors (Lipinski definition) is 0. The predicted molar refractivity (Wildman–Crippen MR) is 81.1 cm³/mol. The molecule has 0 aliphatic carbocycles. The first-order chi connectivity index (χ1) is 8.85. The minimum absolute atomic E-state index is 1.00. The number of pyridine rings is 1. The first-order valence-corrected chi connectivity index (χ1v) is 7.58. The summed E-state index contributed by atoms with van der Waals surface area (Å²) < 4.78 is 0. The third-order valence-corrected chi connectivity index (χ3v) is 3.43. The largest absolute Gasteiger partial charge is 0.298 e. The van der Waals surface area contributed by atoms with Crippen LogP contribution in [0.15, 0.2) is 36.5 Å². The van der Waals surface area contributed by atoms with E-state index in [9.17, 15) is 0 Å². The first-order valence-electron chi connectivity index (χ1n) is 6.46. The van der Waals surface area contributed by atoms with Crippen LogP contribution in [0.25, 0.3) is 10.9 Å². The molecule has 0 bridgehead atoms. The molecular formula is C15H19BrN2. The van der Waals surface area contributed by atoms with Gasteiger partial charge in [0.2, 0.25) is 0 Å². The molecule has 1 aromatic heterocycles. The van der Waals surface area contributed by atoms with Crippen LogP contribution in [0.5, 0.6) is 0 Å². The van der Waals surface area contributed by atoms with Gasteiger partial charge in [-0.05, 0) is 30.7 Å². The molecule has 18 heavy (non-hydrogen) atoms. The molecule has 0 fully saturated rings. The molecular weight excluding hydrogens is 288 g/mol. The molecule has 1 aromatic carbocycles. The lowest BCUT2D eigenvalue weighted by Crippen LogP contribution is -2.26. The third-order valence-electron chi connectivity index (χ3n) is 3.07. The van der Waals surface area contributed by atoms with E-state index in [0.29, 0.717) is 0 Å². The Labute approximate surface area is 117 Å². The van der Waals surface area contributed by atoms with E-state index >= 15 is 0 Å². The Morgan fingerprint density at radius 3 is 2.78 bits per heavy atom. The average molecular weight is 307 g/mol. The Kier molecular flexibility index (Phi) is 5.14. The second-order valence-corrected chi connectivity index (χ2v) is 5.25. The molecule has 0 N–H and O–H groups in total. The number of nitrogens with zero attached hydrogens (tertiary/aromatic N) is 2. The van der Waals surface area contributed by atoms with Crippen molar-refractivity contribution in [2.45, 2.75) is 19.9 Å². The third kappa shape index (κ3) is 3.30. The molecule has 2 nitrogen and oxygen atoms in total. The van der Waals surface area contributed by atoms with Crippen molar-refractivity contribution in [3.05, 3.63) is 42.1 Å². The molecule has 3 heteroatoms. The van der Waals surface area contributed by atoms with Gasteiger partial charge in [-0.2, -0.15) is 0 Å². The zero-order valence-electron chi connectivity index (χ0n) is 10.8. The van der Waals surface area contributed by atoms with Gasteiger partial charge in [-0.3, -0.25) is 9.88 Å². The summed E-state index contributed by atoms with van der Waals surface area (Å²) in [5, 5.41) is 2.30. The first kappa shape index (κ1) is 13.5. The molecule has 0 saturated carbocycles. The number of halogens is 1. The number of rotatable bonds is 6. The van der Waals surface area contributed by atoms with Gasteiger partial charge >= 0.3 is 0 Å². The monoisotopic (exact) mass is 306 g/mol. The summed E-state index contributed by atoms with van der Waals surface area (Å²) in [6.07, 6.45) is 3.10. The number of hydrogen-bond acceptors (Lipinski definition) is 2. The van der Waals surface area contributed by atoms with Crippen LogP contribution < -0.4 is 0 Å². The SMILES string of the molecule is CCCN(CCBr)Cc1ccnc2ccccc12. The number of fused-ring (bicyclic) bond motifs is 1. The van der Waals surface area contributed by atoms with E-state index in [0.717, 1.165) is 30.5 Å². The maximum atomic E-state index is 4.41. The summed E-state index contributed by atoms with van der Waals surface area (Å²) in [5.41, 5.74) is 2.46. The van der Waals surface area contributed by atoms with Crippen LogP contribution in [0, 0.1) is 0 Å². The smallest absolute Gasteiger partial charge is 0.0705 e. The summed E-state index contributed by atoms with van der Waals surface area (Å²) in [6, 6.07) is 10.5. The van der Waals surface area contributed by atoms with Gasteiger partial charge in [-0.1, -0.05) is 41.1 Å². The van der Waals surface area contributed by atoms with E-state index in [1.165, 1.54) is 17.4 Å². The fourth-order valence-corrected chi connectivity index (χ4v) is 2.74. The van der Waals surface area contributed by atoms with Gasteiger partial charge in [0.1, 0.15) is 0 Å². The topological polar surface area (TPSA) is 16.1 Å². The van der Waals surface area contributed by atoms with E-state index < -0.39 is 0 Å². The average Bonchev–Trinajstić information content (AvgIpc) is 2.40. The van der Waals surface area contributed by atoms with Crippen LogP contribution in [-0.4, -0.2) is 28.3 Å². The number of para-hydroxylation sites is 1. The maximum absolute atomic E-state index is 4.41. The molecule has 0 atom stereocenters. The van der Waals surface area contributed by atoms with Crippen molar-refractivity contribution < 1.29 is 0 Å². The molecule has 0 unspecified atom stereocenters. The second-order valence-electron chi connectivity index (χ2n) is 4.45. The molecule has 0 radical (unpaired) electrons. The van der Waals surface area contributed by atoms with E-state index in [1.807, 2.05) is 12.3 Å². The predicted octanol–water partition coefficient (Wildman–Crippen LogP) is 3.84. The van der Waals surface area contributed by atoms with Crippen molar-refractivity contribution in [1.29, 1.82) is 0 Å². The highest BCUT2D eigenvalue weighted by Gasteiger charge is 2.07. The molecule has 0 saturated heterocycles. The highest BCUT2D eigenvalue weighted by Crippen LogP contribution is 2.18. The zero-order valence-corrected chi connectivity index (χ0v) is 12.4. The van der Waals surface area contributed by atoms with Gasteiger partial charge in [0.25, 0.3) is 0 Å². The molecule has 2 aromatic rings. The number of benzene rings is 1. The minimum atomic E-state index is 1.00. The molecule has 0 aliphatic rings. The van der Waals surface area contributed by atoms with Gasteiger partial charge in [0, 0.05) is 30.0 Å². The highest BCUT2D eigenvalue weighted by atomic mass is 79.9. The summed E-state index contributed by atoms with van der Waals surface area (Å²) in [6.45, 7) is 5.46. The summed E-state index contributed by atoms with van der Waals surface area (Å²) in [5.74, 6) is 0. The Hall–Kier alpha value is -0.930. The number of alkyl halides is 1. The quantitative estimate of drug-likeness (QED) is 0.754. The molecule has 0 aliphatic heterocycles. The molecule has 0 spiro atoms. The number of aromatic nitrogens is 1. The van der Waals surface area contributed by atoms with Gasteiger partial charge in [0.05, 0.1) is 5.52 Å². The van der Waals surface area contributed by atoms with Gasteiger partial charge in [-0.25, -0.2) is 0 Å². The van der Waals surface area contributed by atoms with Crippen LogP contribution >= 0.6 is 15.9 Å². The maximum Gasteiger partial charge on any atom is 0.0705 e. The Morgan fingerprint density at radius 2 is 2.00 bits per heavy atom. The van der Waals surface area contributed by atoms with Gasteiger partial charge in [0.15, 0.2) is 0 Å². The van der Waals surface area contributed by atoms with Crippen molar-refractivity contribution in [2.75, 3.05) is 18.4 Å². The highest BCUT2D eigenvalue weighted by molar-refractivity contribution is 9.09. The van der Waals surface area contributed by atoms with Crippen molar-refractivity contribution >= 4 is 26.8 Å². The van der Waals surface area contributed by atoms with E-state index in [2.05, 4.69) is 57.0 Å². The van der Waals surface area contributed by atoms with Gasteiger partial charge < -0.3 is 0 Å². The van der Waals surface area contributed by atoms with Crippen molar-refractivity contribution in [1.82, 2.24) is 9.88 Å². The standard InChI is InChI=1S/C15H19BrN2/c1-2-10-18(11-8-16)12-13-7-9-17-15-6-4-3-5-14(13)15/h3-7,9H,2,8,10-12H2,1H3. The van der Waals surface area contributed by atoms with Crippen LogP contribution in [0.4, 0.5) is 0 Å². The molecule has 0 amide bonds. The lowest BCUT2D eigenvalue weighted by atomic mass is 10.1. The Morgan fingerprint density at radius 1 is 1.17 bits per heavy atom. The van der Waals surface area contributed by atoms with Crippen LogP contribution in [-0.2, 0) is 6.54 Å². The van der Waals surface area contributed by atoms with E-state index in [1.54, 1.807) is 0 Å². The summed E-state index contributed by atoms with van der Waals surface area (Å²) in [4.78, 5) is 6.90. The Balaban J connectivity index is 2.24. The lowest BCUT2D eigenvalue weighted by Gasteiger charge is -2.21. The van der Waals surface area contributed by atoms with E-state index in [-0.39, 0.29) is 0 Å². The van der Waals surface area contributed by atoms with Crippen molar-refractivity contribution in [3.8, 4) is 0 Å². The fourth-order valence-electron chi connectivity index (χ4n) is 2.24. The summed E-state index contributed by atoms with van der Waals surface area (Å²) in [7, 11) is 0. The molecule has 1 heterocycles. The van der Waals surface area contributed by atoms with Gasteiger partial charge in [-0.15, -0.1) is 0 Å². The van der Waals surface area contributed by atoms with Crippen LogP contribution in [0.2, 0.25) is 0 Å². The minimum Gasteiger partial charge on any atom is -0.298 e. The van der Waals surface area contributed by atoms with Crippen molar-refractivity contribution in [2.24, 2.45) is 0 Å².